The first-order valence-corrected chi connectivity index (χ1v) is 11.8. The lowest BCUT2D eigenvalue weighted by atomic mass is 10.0. The molecule has 0 spiro atoms. The summed E-state index contributed by atoms with van der Waals surface area (Å²) in [6.07, 6.45) is 0. The van der Waals surface area contributed by atoms with Gasteiger partial charge in [0.1, 0.15) is 0 Å². The third-order valence-corrected chi connectivity index (χ3v) is 7.90. The molecule has 0 aliphatic heterocycles. The van der Waals surface area contributed by atoms with Gasteiger partial charge in [-0.2, -0.15) is 0 Å². The van der Waals surface area contributed by atoms with Gasteiger partial charge in [0.05, 0.1) is 10.6 Å². The van der Waals surface area contributed by atoms with Crippen LogP contribution in [0.15, 0.2) is 51.1 Å². The summed E-state index contributed by atoms with van der Waals surface area (Å²) in [5, 5.41) is 5.09. The van der Waals surface area contributed by atoms with Crippen LogP contribution in [0.3, 0.4) is 0 Å². The Morgan fingerprint density at radius 3 is 2.52 bits per heavy atom. The molecule has 9 heteroatoms. The van der Waals surface area contributed by atoms with Crippen LogP contribution in [-0.4, -0.2) is 37.7 Å². The number of sulfonamides is 1. The van der Waals surface area contributed by atoms with Crippen LogP contribution in [0.2, 0.25) is 0 Å². The highest BCUT2D eigenvalue weighted by Gasteiger charge is 2.22. The quantitative estimate of drug-likeness (QED) is 0.558. The molecule has 29 heavy (non-hydrogen) atoms. The number of carbonyl (C=O) groups is 1. The predicted octanol–water partition coefficient (Wildman–Crippen LogP) is 4.69. The zero-order valence-corrected chi connectivity index (χ0v) is 19.6. The van der Waals surface area contributed by atoms with E-state index in [0.29, 0.717) is 9.60 Å². The summed E-state index contributed by atoms with van der Waals surface area (Å²) in [5.74, 6) is -0.422. The summed E-state index contributed by atoms with van der Waals surface area (Å²) in [6.45, 7) is 4.06. The zero-order chi connectivity index (χ0) is 21.3. The Morgan fingerprint density at radius 2 is 1.86 bits per heavy atom. The van der Waals surface area contributed by atoms with E-state index < -0.39 is 15.9 Å². The molecule has 1 N–H and O–H groups in total. The molecule has 1 aromatic heterocycles. The smallest absolute Gasteiger partial charge is 0.257 e. The van der Waals surface area contributed by atoms with Gasteiger partial charge in [-0.3, -0.25) is 10.1 Å². The van der Waals surface area contributed by atoms with Gasteiger partial charge in [-0.1, -0.05) is 23.8 Å². The summed E-state index contributed by atoms with van der Waals surface area (Å²) in [6, 6.07) is 10.6. The Balaban J connectivity index is 1.86. The third-order valence-electron chi connectivity index (χ3n) is 4.33. The van der Waals surface area contributed by atoms with Crippen molar-refractivity contribution in [2.45, 2.75) is 18.7 Å². The number of carbonyl (C=O) groups excluding carboxylic acids is 1. The van der Waals surface area contributed by atoms with Crippen LogP contribution >= 0.6 is 27.3 Å². The molecule has 3 rings (SSSR count). The number of thiazole rings is 1. The lowest BCUT2D eigenvalue weighted by Crippen LogP contribution is -2.23. The minimum atomic E-state index is -3.68. The Morgan fingerprint density at radius 1 is 1.14 bits per heavy atom. The molecule has 1 amide bonds. The number of aryl methyl sites for hydroxylation is 2. The van der Waals surface area contributed by atoms with Crippen molar-refractivity contribution >= 4 is 48.3 Å². The molecule has 0 aliphatic rings. The normalized spacial score (nSPS) is 11.7. The van der Waals surface area contributed by atoms with Crippen LogP contribution < -0.4 is 5.32 Å². The fourth-order valence-corrected chi connectivity index (χ4v) is 5.31. The van der Waals surface area contributed by atoms with Crippen LogP contribution in [-0.2, 0) is 10.0 Å². The number of aromatic nitrogens is 1. The van der Waals surface area contributed by atoms with Gasteiger partial charge >= 0.3 is 0 Å². The van der Waals surface area contributed by atoms with Gasteiger partial charge in [-0.15, -0.1) is 11.3 Å². The number of rotatable bonds is 5. The monoisotopic (exact) mass is 493 g/mol. The topological polar surface area (TPSA) is 79.4 Å². The molecule has 2 aromatic carbocycles. The number of hydrogen-bond donors (Lipinski definition) is 1. The van der Waals surface area contributed by atoms with Crippen molar-refractivity contribution in [3.8, 4) is 11.3 Å². The van der Waals surface area contributed by atoms with Crippen LogP contribution in [0, 0.1) is 13.8 Å². The number of amides is 1. The molecular weight excluding hydrogens is 474 g/mol. The largest absolute Gasteiger partial charge is 0.298 e. The number of halogens is 1. The molecule has 152 valence electrons. The van der Waals surface area contributed by atoms with E-state index >= 15 is 0 Å². The number of nitrogens with zero attached hydrogens (tertiary/aromatic N) is 2. The lowest BCUT2D eigenvalue weighted by Gasteiger charge is -2.13. The van der Waals surface area contributed by atoms with Gasteiger partial charge in [0.25, 0.3) is 5.91 Å². The van der Waals surface area contributed by atoms with E-state index in [1.807, 2.05) is 31.4 Å². The highest BCUT2D eigenvalue weighted by atomic mass is 79.9. The molecule has 0 atom stereocenters. The van der Waals surface area contributed by atoms with Gasteiger partial charge in [0, 0.05) is 35.1 Å². The van der Waals surface area contributed by atoms with E-state index in [4.69, 9.17) is 0 Å². The molecule has 0 bridgehead atoms. The summed E-state index contributed by atoms with van der Waals surface area (Å²) in [4.78, 5) is 17.2. The van der Waals surface area contributed by atoms with Crippen LogP contribution in [0.5, 0.6) is 0 Å². The van der Waals surface area contributed by atoms with Crippen LogP contribution in [0.1, 0.15) is 21.5 Å². The zero-order valence-electron chi connectivity index (χ0n) is 16.4. The Labute approximate surface area is 182 Å². The van der Waals surface area contributed by atoms with E-state index in [0.717, 1.165) is 21.1 Å². The SMILES string of the molecule is Cc1ccc(-c2csc(NC(=O)c3ccc(Br)c(S(=O)(=O)N(C)C)c3)n2)c(C)c1. The van der Waals surface area contributed by atoms with Crippen molar-refractivity contribution < 1.29 is 13.2 Å². The maximum atomic E-state index is 12.7. The molecule has 0 radical (unpaired) electrons. The fourth-order valence-electron chi connectivity index (χ4n) is 2.76. The second-order valence-corrected chi connectivity index (χ2v) is 10.6. The number of benzene rings is 2. The Bertz CT molecular complexity index is 1190. The van der Waals surface area contributed by atoms with E-state index in [1.165, 1.54) is 37.1 Å². The van der Waals surface area contributed by atoms with E-state index in [9.17, 15) is 13.2 Å². The summed E-state index contributed by atoms with van der Waals surface area (Å²) < 4.78 is 26.4. The van der Waals surface area contributed by atoms with E-state index in [1.54, 1.807) is 12.1 Å². The van der Waals surface area contributed by atoms with Crippen molar-refractivity contribution in [1.82, 2.24) is 9.29 Å². The average molecular weight is 494 g/mol. The number of hydrogen-bond acceptors (Lipinski definition) is 5. The highest BCUT2D eigenvalue weighted by molar-refractivity contribution is 9.10. The van der Waals surface area contributed by atoms with Gasteiger partial charge in [0.2, 0.25) is 10.0 Å². The van der Waals surface area contributed by atoms with Crippen LogP contribution in [0.25, 0.3) is 11.3 Å². The van der Waals surface area contributed by atoms with E-state index in [2.05, 4.69) is 32.3 Å². The first-order valence-electron chi connectivity index (χ1n) is 8.66. The molecule has 0 unspecified atom stereocenters. The molecule has 0 saturated carbocycles. The second-order valence-electron chi connectivity index (χ2n) is 6.74. The van der Waals surface area contributed by atoms with Crippen molar-refractivity contribution in [2.75, 3.05) is 19.4 Å². The van der Waals surface area contributed by atoms with Gasteiger partial charge in [0.15, 0.2) is 5.13 Å². The van der Waals surface area contributed by atoms with E-state index in [-0.39, 0.29) is 10.5 Å². The van der Waals surface area contributed by atoms with Crippen molar-refractivity contribution in [3.05, 3.63) is 62.9 Å². The number of nitrogens with one attached hydrogen (secondary N) is 1. The summed E-state index contributed by atoms with van der Waals surface area (Å²) >= 11 is 4.56. The summed E-state index contributed by atoms with van der Waals surface area (Å²) in [7, 11) is -0.797. The summed E-state index contributed by atoms with van der Waals surface area (Å²) in [5.41, 5.74) is 4.31. The first-order chi connectivity index (χ1) is 13.6. The molecule has 0 aliphatic carbocycles. The van der Waals surface area contributed by atoms with Crippen molar-refractivity contribution in [3.63, 3.8) is 0 Å². The highest BCUT2D eigenvalue weighted by Crippen LogP contribution is 2.29. The lowest BCUT2D eigenvalue weighted by molar-refractivity contribution is 0.102. The van der Waals surface area contributed by atoms with Crippen molar-refractivity contribution in [2.24, 2.45) is 0 Å². The fraction of sp³-hybridized carbons (Fsp3) is 0.200. The predicted molar refractivity (Wildman–Crippen MR) is 120 cm³/mol. The second kappa shape index (κ2) is 8.35. The third kappa shape index (κ3) is 4.58. The minimum Gasteiger partial charge on any atom is -0.298 e. The maximum Gasteiger partial charge on any atom is 0.257 e. The van der Waals surface area contributed by atoms with Gasteiger partial charge in [-0.05, 0) is 53.5 Å². The van der Waals surface area contributed by atoms with Crippen molar-refractivity contribution in [1.29, 1.82) is 0 Å². The molecule has 3 aromatic rings. The maximum absolute atomic E-state index is 12.7. The average Bonchev–Trinajstić information content (AvgIpc) is 3.09. The standard InChI is InChI=1S/C20H20BrN3O3S2/c1-12-5-7-15(13(2)9-12)17-11-28-20(22-17)23-19(25)14-6-8-16(21)18(10-14)29(26,27)24(3)4/h5-11H,1-4H3,(H,22,23,25). The minimum absolute atomic E-state index is 0.0326. The Kier molecular flexibility index (Phi) is 6.23. The molecule has 1 heterocycles. The first kappa shape index (κ1) is 21.6. The molecule has 0 saturated heterocycles. The Hall–Kier alpha value is -2.07. The molecule has 0 fully saturated rings. The van der Waals surface area contributed by atoms with Crippen LogP contribution in [0.4, 0.5) is 5.13 Å². The van der Waals surface area contributed by atoms with Gasteiger partial charge in [-0.25, -0.2) is 17.7 Å². The molecular formula is C20H20BrN3O3S2. The van der Waals surface area contributed by atoms with Gasteiger partial charge < -0.3 is 0 Å². The number of anilines is 1. The molecule has 6 nitrogen and oxygen atoms in total.